The van der Waals surface area contributed by atoms with Crippen molar-refractivity contribution in [2.24, 2.45) is 5.73 Å². The average molecular weight is 264 g/mol. The van der Waals surface area contributed by atoms with Crippen LogP contribution in [0.2, 0.25) is 0 Å². The highest BCUT2D eigenvalue weighted by atomic mass is 32.3. The molecule has 2 N–H and O–H groups in total. The van der Waals surface area contributed by atoms with Crippen LogP contribution in [0, 0.1) is 0 Å². The van der Waals surface area contributed by atoms with Crippen LogP contribution in [-0.4, -0.2) is 53.5 Å². The maximum absolute atomic E-state index is 11.7. The molecule has 0 aliphatic carbocycles. The summed E-state index contributed by atoms with van der Waals surface area (Å²) in [5.41, 5.74) is 5.11. The molecule has 2 aliphatic heterocycles. The van der Waals surface area contributed by atoms with Gasteiger partial charge in [0.15, 0.2) is 0 Å². The Morgan fingerprint density at radius 1 is 1.47 bits per heavy atom. The van der Waals surface area contributed by atoms with Gasteiger partial charge in [-0.05, 0) is 12.8 Å². The summed E-state index contributed by atoms with van der Waals surface area (Å²) in [5.74, 6) is -0.663. The Labute approximate surface area is 97.0 Å². The second-order valence-corrected chi connectivity index (χ2v) is 4.86. The Kier molecular flexibility index (Phi) is 2.72. The van der Waals surface area contributed by atoms with Crippen molar-refractivity contribution in [1.29, 1.82) is 0 Å². The minimum absolute atomic E-state index is 0.127. The molecule has 2 saturated heterocycles. The fourth-order valence-corrected chi connectivity index (χ4v) is 2.51. The maximum atomic E-state index is 11.7. The number of hydroxylamine groups is 2. The molecule has 0 unspecified atom stereocenters. The SMILES string of the molecule is NC(=O)[C@@H]1CC[C@@H]2CN1C(=O)N2OS(=O)(=O)[O-]. The topological polar surface area (TPSA) is 133 Å². The van der Waals surface area contributed by atoms with Crippen LogP contribution in [0.5, 0.6) is 0 Å². The van der Waals surface area contributed by atoms with Crippen LogP contribution in [-0.2, 0) is 19.5 Å². The monoisotopic (exact) mass is 264 g/mol. The lowest BCUT2D eigenvalue weighted by Crippen LogP contribution is -2.47. The van der Waals surface area contributed by atoms with Crippen LogP contribution in [0.15, 0.2) is 0 Å². The van der Waals surface area contributed by atoms with E-state index in [4.69, 9.17) is 5.73 Å². The molecule has 17 heavy (non-hydrogen) atoms. The summed E-state index contributed by atoms with van der Waals surface area (Å²) < 4.78 is 35.4. The number of carbonyl (C=O) groups is 2. The zero-order valence-corrected chi connectivity index (χ0v) is 9.42. The highest BCUT2D eigenvalue weighted by molar-refractivity contribution is 7.80. The quantitative estimate of drug-likeness (QED) is 0.469. The highest BCUT2D eigenvalue weighted by Crippen LogP contribution is 2.30. The van der Waals surface area contributed by atoms with Crippen molar-refractivity contribution < 1.29 is 26.8 Å². The van der Waals surface area contributed by atoms with Gasteiger partial charge in [0.1, 0.15) is 6.04 Å². The molecule has 0 saturated carbocycles. The summed E-state index contributed by atoms with van der Waals surface area (Å²) in [7, 11) is -5.00. The van der Waals surface area contributed by atoms with E-state index < -0.39 is 34.4 Å². The van der Waals surface area contributed by atoms with Crippen LogP contribution in [0.3, 0.4) is 0 Å². The summed E-state index contributed by atoms with van der Waals surface area (Å²) >= 11 is 0. The third kappa shape index (κ3) is 2.18. The molecule has 0 radical (unpaired) electrons. The van der Waals surface area contributed by atoms with Gasteiger partial charge in [0.2, 0.25) is 16.3 Å². The Balaban J connectivity index is 2.20. The van der Waals surface area contributed by atoms with E-state index in [1.54, 1.807) is 0 Å². The fraction of sp³-hybridized carbons (Fsp3) is 0.714. The van der Waals surface area contributed by atoms with Crippen molar-refractivity contribution in [2.75, 3.05) is 6.54 Å². The summed E-state index contributed by atoms with van der Waals surface area (Å²) in [6.45, 7) is 0.127. The molecule has 0 aromatic carbocycles. The molecular formula is C7H10N3O6S-. The van der Waals surface area contributed by atoms with E-state index in [1.807, 2.05) is 0 Å². The number of urea groups is 1. The first kappa shape index (κ1) is 12.1. The molecule has 2 rings (SSSR count). The Morgan fingerprint density at radius 3 is 2.65 bits per heavy atom. The Bertz CT molecular complexity index is 462. The molecule has 3 amide bonds. The Morgan fingerprint density at radius 2 is 2.12 bits per heavy atom. The van der Waals surface area contributed by atoms with E-state index in [-0.39, 0.29) is 6.54 Å². The second kappa shape index (κ2) is 3.82. The first-order valence-corrected chi connectivity index (χ1v) is 6.17. The molecule has 0 aromatic heterocycles. The standard InChI is InChI=1S/C7H11N3O6S/c8-6(11)5-2-1-4-3-9(5)7(12)10(4)16-17(13,14)15/h4-5H,1-3H2,(H2,8,11)(H,13,14,15)/p-1/t4-,5+/m1/s1. The third-order valence-corrected chi connectivity index (χ3v) is 3.17. The van der Waals surface area contributed by atoms with Gasteiger partial charge in [-0.15, -0.1) is 0 Å². The smallest absolute Gasteiger partial charge is 0.346 e. The lowest BCUT2D eigenvalue weighted by atomic mass is 10.0. The van der Waals surface area contributed by atoms with Crippen LogP contribution in [0.25, 0.3) is 0 Å². The van der Waals surface area contributed by atoms with Crippen molar-refractivity contribution in [2.45, 2.75) is 24.9 Å². The van der Waals surface area contributed by atoms with Crippen molar-refractivity contribution in [3.05, 3.63) is 0 Å². The minimum Gasteiger partial charge on any atom is -0.724 e. The molecule has 10 heteroatoms. The molecule has 0 aromatic rings. The second-order valence-electron chi connectivity index (χ2n) is 3.89. The minimum atomic E-state index is -5.00. The van der Waals surface area contributed by atoms with Crippen molar-refractivity contribution in [3.8, 4) is 0 Å². The Hall–Kier alpha value is -1.39. The molecule has 96 valence electrons. The molecule has 2 aliphatic rings. The van der Waals surface area contributed by atoms with Gasteiger partial charge in [-0.3, -0.25) is 4.79 Å². The van der Waals surface area contributed by atoms with E-state index in [1.165, 1.54) is 0 Å². The van der Waals surface area contributed by atoms with Crippen molar-refractivity contribution >= 4 is 22.3 Å². The number of nitrogens with two attached hydrogens (primary N) is 1. The summed E-state index contributed by atoms with van der Waals surface area (Å²) in [5, 5.41) is 0.505. The predicted molar refractivity (Wildman–Crippen MR) is 50.7 cm³/mol. The molecule has 0 spiro atoms. The summed E-state index contributed by atoms with van der Waals surface area (Å²) in [6.07, 6.45) is 0.676. The van der Waals surface area contributed by atoms with Gasteiger partial charge in [0.25, 0.3) is 0 Å². The van der Waals surface area contributed by atoms with Crippen LogP contribution in [0.4, 0.5) is 4.79 Å². The van der Waals surface area contributed by atoms with E-state index in [9.17, 15) is 22.6 Å². The zero-order valence-electron chi connectivity index (χ0n) is 8.61. The number of primary amides is 1. The van der Waals surface area contributed by atoms with Gasteiger partial charge >= 0.3 is 6.03 Å². The van der Waals surface area contributed by atoms with Gasteiger partial charge < -0.3 is 15.2 Å². The van der Waals surface area contributed by atoms with E-state index >= 15 is 0 Å². The summed E-state index contributed by atoms with van der Waals surface area (Å²) in [4.78, 5) is 23.9. The molecule has 2 bridgehead atoms. The lowest BCUT2D eigenvalue weighted by molar-refractivity contribution is -0.122. The number of hydrogen-bond acceptors (Lipinski definition) is 6. The van der Waals surface area contributed by atoms with Gasteiger partial charge in [0, 0.05) is 6.54 Å². The lowest BCUT2D eigenvalue weighted by Gasteiger charge is -2.27. The summed E-state index contributed by atoms with van der Waals surface area (Å²) in [6, 6.07) is -2.14. The highest BCUT2D eigenvalue weighted by Gasteiger charge is 2.48. The van der Waals surface area contributed by atoms with Gasteiger partial charge in [-0.2, -0.15) is 9.35 Å². The zero-order chi connectivity index (χ0) is 12.8. The van der Waals surface area contributed by atoms with Crippen molar-refractivity contribution in [1.82, 2.24) is 9.96 Å². The third-order valence-electron chi connectivity index (χ3n) is 2.82. The predicted octanol–water partition coefficient (Wildman–Crippen LogP) is -1.87. The molecule has 2 atom stereocenters. The maximum Gasteiger partial charge on any atom is 0.346 e. The largest absolute Gasteiger partial charge is 0.724 e. The normalized spacial score (nSPS) is 28.6. The van der Waals surface area contributed by atoms with Gasteiger partial charge in [0.05, 0.1) is 6.04 Å². The van der Waals surface area contributed by atoms with Crippen LogP contribution in [0.1, 0.15) is 12.8 Å². The number of rotatable bonds is 3. The average Bonchev–Trinajstić information content (AvgIpc) is 2.42. The van der Waals surface area contributed by atoms with E-state index in [0.29, 0.717) is 17.9 Å². The van der Waals surface area contributed by atoms with Crippen LogP contribution >= 0.6 is 0 Å². The van der Waals surface area contributed by atoms with Crippen LogP contribution < -0.4 is 5.73 Å². The van der Waals surface area contributed by atoms with Crippen molar-refractivity contribution in [3.63, 3.8) is 0 Å². The van der Waals surface area contributed by atoms with Gasteiger partial charge in [-0.1, -0.05) is 0 Å². The van der Waals surface area contributed by atoms with E-state index in [0.717, 1.165) is 4.90 Å². The number of amides is 3. The molecule has 9 nitrogen and oxygen atoms in total. The first-order valence-electron chi connectivity index (χ1n) is 4.84. The fourth-order valence-electron chi connectivity index (χ4n) is 2.12. The number of carbonyl (C=O) groups excluding carboxylic acids is 2. The number of hydrogen-bond donors (Lipinski definition) is 1. The molecule has 2 fully saturated rings. The number of fused-ring (bicyclic) bond motifs is 2. The number of piperidine rings is 1. The number of nitrogens with zero attached hydrogens (tertiary/aromatic N) is 2. The van der Waals surface area contributed by atoms with Gasteiger partial charge in [-0.25, -0.2) is 13.2 Å². The molecule has 2 heterocycles. The first-order chi connectivity index (χ1) is 7.79. The van der Waals surface area contributed by atoms with E-state index in [2.05, 4.69) is 4.28 Å². The molecular weight excluding hydrogens is 254 g/mol.